The first-order valence-corrected chi connectivity index (χ1v) is 9.35. The lowest BCUT2D eigenvalue weighted by Crippen LogP contribution is -2.42. The Balaban J connectivity index is 1.53. The second-order valence-corrected chi connectivity index (χ2v) is 8.51. The van der Waals surface area contributed by atoms with Gasteiger partial charge < -0.3 is 14.2 Å². The van der Waals surface area contributed by atoms with Crippen LogP contribution in [0.5, 0.6) is 0 Å². The highest BCUT2D eigenvalue weighted by molar-refractivity contribution is 8.03. The molecule has 128 valence electrons. The van der Waals surface area contributed by atoms with E-state index in [1.807, 2.05) is 25.6 Å². The van der Waals surface area contributed by atoms with Gasteiger partial charge in [0.1, 0.15) is 5.60 Å². The van der Waals surface area contributed by atoms with Gasteiger partial charge in [0.15, 0.2) is 11.6 Å². The largest absolute Gasteiger partial charge is 0.497 e. The van der Waals surface area contributed by atoms with E-state index >= 15 is 0 Å². The van der Waals surface area contributed by atoms with Gasteiger partial charge in [0.2, 0.25) is 0 Å². The predicted molar refractivity (Wildman–Crippen MR) is 91.0 cm³/mol. The molecule has 2 aliphatic carbocycles. The Bertz CT molecular complexity index is 551. The average molecular weight is 338 g/mol. The molecule has 0 saturated carbocycles. The van der Waals surface area contributed by atoms with Crippen molar-refractivity contribution in [2.45, 2.75) is 64.4 Å². The Morgan fingerprint density at radius 1 is 1.35 bits per heavy atom. The van der Waals surface area contributed by atoms with E-state index in [-0.39, 0.29) is 17.5 Å². The molecule has 0 amide bonds. The molecule has 23 heavy (non-hydrogen) atoms. The van der Waals surface area contributed by atoms with Crippen LogP contribution in [0, 0.1) is 5.92 Å². The van der Waals surface area contributed by atoms with Crippen molar-refractivity contribution in [2.75, 3.05) is 12.4 Å². The van der Waals surface area contributed by atoms with E-state index in [0.717, 1.165) is 24.4 Å². The summed E-state index contributed by atoms with van der Waals surface area (Å²) in [6.07, 6.45) is 6.35. The van der Waals surface area contributed by atoms with E-state index < -0.39 is 5.79 Å². The van der Waals surface area contributed by atoms with Crippen LogP contribution in [0.25, 0.3) is 0 Å². The summed E-state index contributed by atoms with van der Waals surface area (Å²) in [5.74, 6) is 1.81. The summed E-state index contributed by atoms with van der Waals surface area (Å²) in [6, 6.07) is 0. The Labute approximate surface area is 142 Å². The highest BCUT2D eigenvalue weighted by atomic mass is 32.2. The first-order valence-electron chi connectivity index (χ1n) is 8.36. The fourth-order valence-electron chi connectivity index (χ4n) is 3.76. The van der Waals surface area contributed by atoms with Crippen molar-refractivity contribution < 1.29 is 19.0 Å². The van der Waals surface area contributed by atoms with Crippen LogP contribution in [-0.4, -0.2) is 35.6 Å². The molecule has 3 aliphatic rings. The highest BCUT2D eigenvalue weighted by Gasteiger charge is 2.53. The number of thioether (sulfide) groups is 1. The minimum Gasteiger partial charge on any atom is -0.497 e. The van der Waals surface area contributed by atoms with Crippen molar-refractivity contribution in [3.05, 3.63) is 22.8 Å². The highest BCUT2D eigenvalue weighted by Crippen LogP contribution is 2.47. The molecule has 1 fully saturated rings. The fraction of sp³-hybridized carbons (Fsp3) is 0.722. The number of hydrogen-bond acceptors (Lipinski definition) is 5. The first kappa shape index (κ1) is 17.1. The third-order valence-corrected chi connectivity index (χ3v) is 5.55. The van der Waals surface area contributed by atoms with Gasteiger partial charge in [-0.25, -0.2) is 0 Å². The number of carbonyl (C=O) groups excluding carboxylic acids is 1. The lowest BCUT2D eigenvalue weighted by molar-refractivity contribution is -0.155. The maximum atomic E-state index is 11.2. The van der Waals surface area contributed by atoms with Crippen molar-refractivity contribution in [1.29, 1.82) is 0 Å². The number of rotatable bonds is 5. The molecule has 1 heterocycles. The zero-order chi connectivity index (χ0) is 16.7. The molecular formula is C18H26O4S. The Morgan fingerprint density at radius 3 is 2.83 bits per heavy atom. The van der Waals surface area contributed by atoms with Crippen molar-refractivity contribution in [1.82, 2.24) is 0 Å². The van der Waals surface area contributed by atoms with Gasteiger partial charge in [0, 0.05) is 24.7 Å². The lowest BCUT2D eigenvalue weighted by Gasteiger charge is -2.35. The number of carbonyl (C=O) groups is 1. The van der Waals surface area contributed by atoms with Gasteiger partial charge >= 0.3 is 0 Å². The normalized spacial score (nSPS) is 35.7. The molecule has 1 aliphatic heterocycles. The third-order valence-electron chi connectivity index (χ3n) is 4.53. The van der Waals surface area contributed by atoms with Crippen LogP contribution >= 0.6 is 11.8 Å². The molecule has 3 rings (SSSR count). The van der Waals surface area contributed by atoms with E-state index in [1.165, 1.54) is 4.91 Å². The zero-order valence-electron chi connectivity index (χ0n) is 14.4. The molecule has 0 bridgehead atoms. The van der Waals surface area contributed by atoms with Crippen LogP contribution < -0.4 is 0 Å². The molecule has 0 radical (unpaired) electrons. The Morgan fingerprint density at radius 2 is 2.13 bits per heavy atom. The quantitative estimate of drug-likeness (QED) is 0.713. The summed E-state index contributed by atoms with van der Waals surface area (Å²) in [7, 11) is 0. The average Bonchev–Trinajstić information content (AvgIpc) is 2.94. The Kier molecular flexibility index (Phi) is 4.64. The molecule has 5 heteroatoms. The van der Waals surface area contributed by atoms with E-state index in [2.05, 4.69) is 19.9 Å². The molecule has 0 N–H and O–H groups in total. The fourth-order valence-corrected chi connectivity index (χ4v) is 4.89. The molecule has 3 atom stereocenters. The minimum atomic E-state index is -0.519. The smallest absolute Gasteiger partial charge is 0.164 e. The monoisotopic (exact) mass is 338 g/mol. The number of ketones is 1. The maximum absolute atomic E-state index is 11.2. The number of fused-ring (bicyclic) bond motifs is 1. The van der Waals surface area contributed by atoms with Crippen LogP contribution in [0.1, 0.15) is 47.0 Å². The summed E-state index contributed by atoms with van der Waals surface area (Å²) in [4.78, 5) is 12.5. The summed E-state index contributed by atoms with van der Waals surface area (Å²) in [5.41, 5.74) is -0.343. The third kappa shape index (κ3) is 3.83. The van der Waals surface area contributed by atoms with Crippen LogP contribution in [0.3, 0.4) is 0 Å². The Hall–Kier alpha value is -0.780. The second kappa shape index (κ2) is 6.26. The van der Waals surface area contributed by atoms with E-state index in [4.69, 9.17) is 14.2 Å². The van der Waals surface area contributed by atoms with E-state index in [9.17, 15) is 4.79 Å². The molecule has 1 saturated heterocycles. The minimum absolute atomic E-state index is 0.118. The predicted octanol–water partition coefficient (Wildman–Crippen LogP) is 3.82. The summed E-state index contributed by atoms with van der Waals surface area (Å²) in [5, 5.41) is 0. The standard InChI is InChI=1S/C18H26O4S/c1-12-9-15(11-18(4)16(12)21-17(2,3)22-18)23-8-7-20-14-6-5-13(19)10-14/h10-12,16H,5-9H2,1-4H3/t12-,16-,18+/m0/s1. The molecular weight excluding hydrogens is 312 g/mol. The van der Waals surface area contributed by atoms with Crippen molar-refractivity contribution in [3.8, 4) is 0 Å². The van der Waals surface area contributed by atoms with Crippen molar-refractivity contribution in [3.63, 3.8) is 0 Å². The lowest BCUT2D eigenvalue weighted by atomic mass is 9.82. The van der Waals surface area contributed by atoms with Gasteiger partial charge in [-0.2, -0.15) is 0 Å². The van der Waals surface area contributed by atoms with Crippen LogP contribution in [0.4, 0.5) is 0 Å². The number of allylic oxidation sites excluding steroid dienone is 3. The maximum Gasteiger partial charge on any atom is 0.164 e. The molecule has 0 aromatic rings. The first-order chi connectivity index (χ1) is 10.8. The summed E-state index contributed by atoms with van der Waals surface area (Å²) in [6.45, 7) is 8.95. The van der Waals surface area contributed by atoms with Crippen molar-refractivity contribution >= 4 is 17.5 Å². The molecule has 0 aromatic heterocycles. The number of hydrogen-bond donors (Lipinski definition) is 0. The second-order valence-electron chi connectivity index (χ2n) is 7.29. The van der Waals surface area contributed by atoms with Gasteiger partial charge in [-0.05, 0) is 44.1 Å². The molecule has 4 nitrogen and oxygen atoms in total. The SMILES string of the molecule is C[C@H]1CC(SCCOC2=CC(=O)CC2)=C[C@@]2(C)OC(C)(C)O[C@@H]12. The summed E-state index contributed by atoms with van der Waals surface area (Å²) < 4.78 is 17.9. The number of ether oxygens (including phenoxy) is 3. The van der Waals surface area contributed by atoms with Gasteiger partial charge in [-0.1, -0.05) is 6.92 Å². The van der Waals surface area contributed by atoms with Crippen molar-refractivity contribution in [2.24, 2.45) is 5.92 Å². The van der Waals surface area contributed by atoms with Gasteiger partial charge in [0.25, 0.3) is 0 Å². The van der Waals surface area contributed by atoms with Crippen LogP contribution in [-0.2, 0) is 19.0 Å². The van der Waals surface area contributed by atoms with E-state index in [0.29, 0.717) is 18.9 Å². The zero-order valence-corrected chi connectivity index (χ0v) is 15.2. The van der Waals surface area contributed by atoms with Gasteiger partial charge in [0.05, 0.1) is 18.5 Å². The van der Waals surface area contributed by atoms with Gasteiger partial charge in [-0.15, -0.1) is 11.8 Å². The summed E-state index contributed by atoms with van der Waals surface area (Å²) >= 11 is 1.82. The molecule has 0 unspecified atom stereocenters. The van der Waals surface area contributed by atoms with E-state index in [1.54, 1.807) is 6.08 Å². The topological polar surface area (TPSA) is 44.8 Å². The van der Waals surface area contributed by atoms with Crippen LogP contribution in [0.15, 0.2) is 22.8 Å². The van der Waals surface area contributed by atoms with Crippen LogP contribution in [0.2, 0.25) is 0 Å². The molecule has 0 aromatic carbocycles. The van der Waals surface area contributed by atoms with Gasteiger partial charge in [-0.3, -0.25) is 4.79 Å². The molecule has 0 spiro atoms.